The number of hydrogen-bond donors (Lipinski definition) is 2. The summed E-state index contributed by atoms with van der Waals surface area (Å²) in [5, 5.41) is 5.51. The average Bonchev–Trinajstić information content (AvgIpc) is 2.92. The molecule has 0 bridgehead atoms. The zero-order valence-corrected chi connectivity index (χ0v) is 22.7. The maximum atomic E-state index is 13.3. The highest BCUT2D eigenvalue weighted by atomic mass is 32.2. The van der Waals surface area contributed by atoms with Crippen LogP contribution in [0.3, 0.4) is 0 Å². The molecule has 0 spiro atoms. The molecule has 38 heavy (non-hydrogen) atoms. The standard InChI is InChI=1S/C28H28N4O4S2/c1-36-21-13-14-22-25(17-21)31-28(32(27(22)34)15-5-6-16-38(2)35)37-18-19-9-11-20(12-10-19)26(33)30-24-8-4-3-7-23(24)29/h3-4,6-14,16-17H,5,15,18,29H2,1-2H3,(H,30,33)/b16-6+. The Balaban J connectivity index is 1.53. The molecule has 0 fully saturated rings. The van der Waals surface area contributed by atoms with Gasteiger partial charge in [-0.15, -0.1) is 0 Å². The Morgan fingerprint density at radius 3 is 2.63 bits per heavy atom. The van der Waals surface area contributed by atoms with Crippen LogP contribution in [-0.2, 0) is 23.1 Å². The van der Waals surface area contributed by atoms with Crippen molar-refractivity contribution in [3.63, 3.8) is 0 Å². The average molecular weight is 549 g/mol. The van der Waals surface area contributed by atoms with Crippen molar-refractivity contribution in [1.29, 1.82) is 0 Å². The predicted octanol–water partition coefficient (Wildman–Crippen LogP) is 4.81. The SMILES string of the molecule is COc1ccc2c(=O)n(CC/C=C/S(C)=O)c(SCc3ccc(C(=O)Nc4ccccc4N)cc3)nc2c1. The van der Waals surface area contributed by atoms with Crippen molar-refractivity contribution < 1.29 is 13.7 Å². The van der Waals surface area contributed by atoms with Gasteiger partial charge in [0.1, 0.15) is 5.75 Å². The number of nitrogens with zero attached hydrogens (tertiary/aromatic N) is 2. The van der Waals surface area contributed by atoms with Crippen molar-refractivity contribution in [3.8, 4) is 5.75 Å². The first-order chi connectivity index (χ1) is 18.4. The lowest BCUT2D eigenvalue weighted by atomic mass is 10.1. The molecule has 196 valence electrons. The molecule has 1 atom stereocenters. The Morgan fingerprint density at radius 2 is 1.92 bits per heavy atom. The Bertz CT molecular complexity index is 1570. The van der Waals surface area contributed by atoms with Crippen LogP contribution in [0.25, 0.3) is 10.9 Å². The van der Waals surface area contributed by atoms with Gasteiger partial charge in [0.05, 0.1) is 29.4 Å². The third kappa shape index (κ3) is 6.70. The molecule has 0 aliphatic carbocycles. The topological polar surface area (TPSA) is 116 Å². The van der Waals surface area contributed by atoms with Crippen molar-refractivity contribution >= 4 is 50.7 Å². The minimum Gasteiger partial charge on any atom is -0.497 e. The Kier molecular flexibility index (Phi) is 8.98. The first-order valence-electron chi connectivity index (χ1n) is 11.8. The molecule has 4 aromatic rings. The normalized spacial score (nSPS) is 12.1. The minimum absolute atomic E-state index is 0.140. The van der Waals surface area contributed by atoms with Gasteiger partial charge < -0.3 is 15.8 Å². The van der Waals surface area contributed by atoms with Crippen LogP contribution in [0.1, 0.15) is 22.3 Å². The minimum atomic E-state index is -1.04. The number of carbonyl (C=O) groups is 1. The Morgan fingerprint density at radius 1 is 1.16 bits per heavy atom. The van der Waals surface area contributed by atoms with Crippen LogP contribution in [0.15, 0.2) is 88.2 Å². The molecule has 10 heteroatoms. The van der Waals surface area contributed by atoms with Gasteiger partial charge in [-0.05, 0) is 53.8 Å². The number of nitrogen functional groups attached to an aromatic ring is 1. The van der Waals surface area contributed by atoms with Crippen molar-refractivity contribution in [1.82, 2.24) is 9.55 Å². The fourth-order valence-electron chi connectivity index (χ4n) is 3.73. The van der Waals surface area contributed by atoms with Crippen molar-refractivity contribution in [2.45, 2.75) is 23.9 Å². The molecule has 1 heterocycles. The highest BCUT2D eigenvalue weighted by molar-refractivity contribution is 7.98. The molecule has 0 saturated carbocycles. The van der Waals surface area contributed by atoms with E-state index >= 15 is 0 Å². The van der Waals surface area contributed by atoms with Crippen LogP contribution < -0.4 is 21.3 Å². The zero-order valence-electron chi connectivity index (χ0n) is 21.0. The van der Waals surface area contributed by atoms with Crippen LogP contribution in [0.5, 0.6) is 5.75 Å². The van der Waals surface area contributed by atoms with Crippen LogP contribution in [0.4, 0.5) is 11.4 Å². The number of benzene rings is 3. The molecule has 0 aliphatic rings. The quantitative estimate of drug-likeness (QED) is 0.166. The molecule has 3 aromatic carbocycles. The van der Waals surface area contributed by atoms with E-state index in [1.165, 1.54) is 11.8 Å². The van der Waals surface area contributed by atoms with E-state index in [9.17, 15) is 13.8 Å². The Hall–Kier alpha value is -3.89. The van der Waals surface area contributed by atoms with Gasteiger partial charge in [-0.3, -0.25) is 18.4 Å². The van der Waals surface area contributed by atoms with Crippen LogP contribution >= 0.6 is 11.8 Å². The molecular weight excluding hydrogens is 520 g/mol. The molecular formula is C28H28N4O4S2. The number of aromatic nitrogens is 2. The van der Waals surface area contributed by atoms with Gasteiger partial charge in [-0.2, -0.15) is 0 Å². The number of anilines is 2. The third-order valence-corrected chi connectivity index (χ3v) is 7.35. The lowest BCUT2D eigenvalue weighted by Crippen LogP contribution is -2.23. The number of carbonyl (C=O) groups excluding carboxylic acids is 1. The van der Waals surface area contributed by atoms with Gasteiger partial charge in [-0.25, -0.2) is 4.98 Å². The first kappa shape index (κ1) is 27.2. The number of thioether (sulfide) groups is 1. The molecule has 0 saturated heterocycles. The second kappa shape index (κ2) is 12.6. The number of allylic oxidation sites excluding steroid dienone is 1. The van der Waals surface area contributed by atoms with Gasteiger partial charge in [0.25, 0.3) is 11.5 Å². The number of ether oxygens (including phenoxy) is 1. The first-order valence-corrected chi connectivity index (χ1v) is 14.4. The maximum Gasteiger partial charge on any atom is 0.262 e. The molecule has 1 unspecified atom stereocenters. The van der Waals surface area contributed by atoms with Crippen LogP contribution in [0.2, 0.25) is 0 Å². The summed E-state index contributed by atoms with van der Waals surface area (Å²) in [5.74, 6) is 0.921. The van der Waals surface area contributed by atoms with Gasteiger partial charge >= 0.3 is 0 Å². The van der Waals surface area contributed by atoms with Crippen molar-refractivity contribution in [2.24, 2.45) is 0 Å². The summed E-state index contributed by atoms with van der Waals surface area (Å²) >= 11 is 1.44. The highest BCUT2D eigenvalue weighted by Crippen LogP contribution is 2.25. The number of para-hydroxylation sites is 2. The lowest BCUT2D eigenvalue weighted by Gasteiger charge is -2.13. The number of amides is 1. The van der Waals surface area contributed by atoms with Gasteiger partial charge in [0.2, 0.25) is 0 Å². The number of nitrogens with one attached hydrogen (secondary N) is 1. The van der Waals surface area contributed by atoms with E-state index in [2.05, 4.69) is 5.32 Å². The van der Waals surface area contributed by atoms with Gasteiger partial charge in [-0.1, -0.05) is 42.1 Å². The summed E-state index contributed by atoms with van der Waals surface area (Å²) in [6.07, 6.45) is 3.95. The van der Waals surface area contributed by atoms with E-state index in [1.807, 2.05) is 30.3 Å². The Labute approximate surface area is 227 Å². The number of nitrogens with two attached hydrogens (primary N) is 1. The van der Waals surface area contributed by atoms with E-state index in [-0.39, 0.29) is 11.5 Å². The summed E-state index contributed by atoms with van der Waals surface area (Å²) in [4.78, 5) is 30.7. The molecule has 1 amide bonds. The number of fused-ring (bicyclic) bond motifs is 1. The predicted molar refractivity (Wildman–Crippen MR) is 155 cm³/mol. The zero-order chi connectivity index (χ0) is 27.1. The van der Waals surface area contributed by atoms with E-state index in [1.54, 1.807) is 65.8 Å². The van der Waals surface area contributed by atoms with E-state index < -0.39 is 10.8 Å². The van der Waals surface area contributed by atoms with Gasteiger partial charge in [0.15, 0.2) is 5.16 Å². The summed E-state index contributed by atoms with van der Waals surface area (Å²) in [6.45, 7) is 0.408. The number of methoxy groups -OCH3 is 1. The van der Waals surface area contributed by atoms with E-state index in [4.69, 9.17) is 15.5 Å². The molecule has 4 rings (SSSR count). The largest absolute Gasteiger partial charge is 0.497 e. The maximum absolute atomic E-state index is 13.3. The fraction of sp³-hybridized carbons (Fsp3) is 0.179. The van der Waals surface area contributed by atoms with Crippen molar-refractivity contribution in [2.75, 3.05) is 24.4 Å². The fourth-order valence-corrected chi connectivity index (χ4v) is 5.12. The van der Waals surface area contributed by atoms with Gasteiger partial charge in [0, 0.05) is 41.0 Å². The molecule has 0 radical (unpaired) electrons. The second-order valence-electron chi connectivity index (χ2n) is 8.42. The smallest absolute Gasteiger partial charge is 0.262 e. The molecule has 8 nitrogen and oxygen atoms in total. The molecule has 3 N–H and O–H groups in total. The summed E-state index contributed by atoms with van der Waals surface area (Å²) in [6, 6.07) is 19.6. The molecule has 0 aliphatic heterocycles. The third-order valence-electron chi connectivity index (χ3n) is 5.73. The summed E-state index contributed by atoms with van der Waals surface area (Å²) in [7, 11) is 0.526. The summed E-state index contributed by atoms with van der Waals surface area (Å²) < 4.78 is 18.3. The summed E-state index contributed by atoms with van der Waals surface area (Å²) in [5.41, 5.74) is 8.88. The second-order valence-corrected chi connectivity index (χ2v) is 10.6. The lowest BCUT2D eigenvalue weighted by molar-refractivity contribution is 0.102. The van der Waals surface area contributed by atoms with Crippen LogP contribution in [0, 0.1) is 0 Å². The number of rotatable bonds is 10. The van der Waals surface area contributed by atoms with E-state index in [0.717, 1.165) is 5.56 Å². The monoisotopic (exact) mass is 548 g/mol. The van der Waals surface area contributed by atoms with Crippen molar-refractivity contribution in [3.05, 3.63) is 99.7 Å². The van der Waals surface area contributed by atoms with Crippen LogP contribution in [-0.4, -0.2) is 33.0 Å². The highest BCUT2D eigenvalue weighted by Gasteiger charge is 2.13. The molecule has 1 aromatic heterocycles. The number of hydrogen-bond acceptors (Lipinski definition) is 7. The van der Waals surface area contributed by atoms with E-state index in [0.29, 0.717) is 57.5 Å².